The topological polar surface area (TPSA) is 0 Å². The number of thioether (sulfide) groups is 1. The minimum atomic E-state index is -0.296. The molecule has 1 aliphatic rings. The summed E-state index contributed by atoms with van der Waals surface area (Å²) in [6.45, 7) is 2.40. The molecule has 0 aromatic heterocycles. The Bertz CT molecular complexity index is 80.1. The van der Waals surface area contributed by atoms with E-state index in [1.54, 1.807) is 0 Å². The van der Waals surface area contributed by atoms with Crippen LogP contribution in [0.3, 0.4) is 0 Å². The van der Waals surface area contributed by atoms with Gasteiger partial charge in [-0.2, -0.15) is 0 Å². The molecule has 0 bridgehead atoms. The van der Waals surface area contributed by atoms with Crippen molar-refractivity contribution in [1.82, 2.24) is 0 Å². The van der Waals surface area contributed by atoms with E-state index >= 15 is 0 Å². The third-order valence-corrected chi connectivity index (χ3v) is 4.76. The molecule has 0 aliphatic carbocycles. The van der Waals surface area contributed by atoms with E-state index in [1.807, 2.05) is 11.8 Å². The molecule has 0 fully saturated rings. The number of rotatable bonds is 0. The zero-order valence-electron chi connectivity index (χ0n) is 4.55. The zero-order chi connectivity index (χ0) is 5.11. The van der Waals surface area contributed by atoms with Crippen molar-refractivity contribution < 1.29 is 0 Å². The molecule has 2 heteroatoms. The van der Waals surface area contributed by atoms with Crippen molar-refractivity contribution in [2.45, 2.75) is 12.6 Å². The monoisotopic (exact) mass is 130 g/mol. The molecule has 7 heavy (non-hydrogen) atoms. The van der Waals surface area contributed by atoms with Crippen LogP contribution in [0.1, 0.15) is 0 Å². The fourth-order valence-corrected chi connectivity index (χ4v) is 4.49. The fourth-order valence-electron chi connectivity index (χ4n) is 0.608. The molecule has 0 amide bonds. The molecule has 0 aromatic carbocycles. The van der Waals surface area contributed by atoms with E-state index < -0.39 is 0 Å². The zero-order valence-corrected chi connectivity index (χ0v) is 6.53. The first-order valence-electron chi connectivity index (χ1n) is 2.68. The minimum Gasteiger partial charge on any atom is -0.135 e. The molecule has 0 saturated carbocycles. The van der Waals surface area contributed by atoms with Crippen LogP contribution in [0.5, 0.6) is 0 Å². The molecular weight excluding hydrogens is 120 g/mol. The number of hydrogen-bond acceptors (Lipinski definition) is 1. The van der Waals surface area contributed by atoms with Crippen molar-refractivity contribution in [2.24, 2.45) is 0 Å². The first kappa shape index (κ1) is 5.44. The molecule has 0 nitrogen and oxygen atoms in total. The Hall–Kier alpha value is 0.307. The van der Waals surface area contributed by atoms with E-state index in [0.29, 0.717) is 0 Å². The van der Waals surface area contributed by atoms with Crippen LogP contribution in [0.2, 0.25) is 12.6 Å². The van der Waals surface area contributed by atoms with Crippen molar-refractivity contribution in [3.8, 4) is 0 Å². The molecule has 1 aliphatic heterocycles. The van der Waals surface area contributed by atoms with Gasteiger partial charge in [0.1, 0.15) is 0 Å². The van der Waals surface area contributed by atoms with Gasteiger partial charge in [0.15, 0.2) is 0 Å². The summed E-state index contributed by atoms with van der Waals surface area (Å²) in [5, 5.41) is 2.26. The van der Waals surface area contributed by atoms with Gasteiger partial charge < -0.3 is 0 Å². The summed E-state index contributed by atoms with van der Waals surface area (Å²) in [6.07, 6.45) is 0. The molecule has 40 valence electrons. The highest BCUT2D eigenvalue weighted by atomic mass is 32.2. The standard InChI is InChI=1S/C5H10SSi/c1-7-4-2-6-3-5-7/h2,4,7H,3,5H2,1H3/t7-/m0/s1. The summed E-state index contributed by atoms with van der Waals surface area (Å²) >= 11 is 1.95. The van der Waals surface area contributed by atoms with E-state index in [-0.39, 0.29) is 8.80 Å². The molecule has 0 saturated heterocycles. The van der Waals surface area contributed by atoms with Crippen LogP contribution < -0.4 is 0 Å². The summed E-state index contributed by atoms with van der Waals surface area (Å²) in [7, 11) is -0.296. The maximum atomic E-state index is 2.41. The van der Waals surface area contributed by atoms with Gasteiger partial charge in [0, 0.05) is 0 Å². The molecule has 0 radical (unpaired) electrons. The summed E-state index contributed by atoms with van der Waals surface area (Å²) in [5.41, 5.74) is 2.41. The Labute approximate surface area is 50.6 Å². The smallest absolute Gasteiger partial charge is 0.0599 e. The normalized spacial score (nSPS) is 30.7. The predicted molar refractivity (Wildman–Crippen MR) is 39.4 cm³/mol. The van der Waals surface area contributed by atoms with Crippen molar-refractivity contribution >= 4 is 20.6 Å². The van der Waals surface area contributed by atoms with Crippen molar-refractivity contribution in [2.75, 3.05) is 5.75 Å². The number of hydrogen-bond donors (Lipinski definition) is 0. The lowest BCUT2D eigenvalue weighted by Crippen LogP contribution is -2.05. The highest BCUT2D eigenvalue weighted by molar-refractivity contribution is 8.02. The van der Waals surface area contributed by atoms with Crippen LogP contribution in [-0.2, 0) is 0 Å². The quantitative estimate of drug-likeness (QED) is 0.449. The van der Waals surface area contributed by atoms with Crippen molar-refractivity contribution in [3.63, 3.8) is 0 Å². The van der Waals surface area contributed by atoms with Gasteiger partial charge in [-0.15, -0.1) is 11.8 Å². The van der Waals surface area contributed by atoms with Gasteiger partial charge >= 0.3 is 0 Å². The van der Waals surface area contributed by atoms with Crippen LogP contribution in [-0.4, -0.2) is 14.5 Å². The lowest BCUT2D eigenvalue weighted by molar-refractivity contribution is 1.45. The van der Waals surface area contributed by atoms with Gasteiger partial charge in [0.25, 0.3) is 0 Å². The highest BCUT2D eigenvalue weighted by Gasteiger charge is 2.01. The first-order chi connectivity index (χ1) is 3.39. The Morgan fingerprint density at radius 1 is 1.71 bits per heavy atom. The Kier molecular flexibility index (Phi) is 2.00. The Morgan fingerprint density at radius 2 is 2.57 bits per heavy atom. The van der Waals surface area contributed by atoms with Crippen LogP contribution in [0.15, 0.2) is 11.1 Å². The maximum absolute atomic E-state index is 2.41. The lowest BCUT2D eigenvalue weighted by Gasteiger charge is -2.06. The average Bonchev–Trinajstić information content (AvgIpc) is 1.69. The average molecular weight is 130 g/mol. The van der Waals surface area contributed by atoms with Crippen LogP contribution in [0.25, 0.3) is 0 Å². The summed E-state index contributed by atoms with van der Waals surface area (Å²) in [4.78, 5) is 0. The third kappa shape index (κ3) is 1.70. The molecule has 0 N–H and O–H groups in total. The molecule has 0 spiro atoms. The predicted octanol–water partition coefficient (Wildman–Crippen LogP) is 1.64. The fraction of sp³-hybridized carbons (Fsp3) is 0.600. The van der Waals surface area contributed by atoms with Gasteiger partial charge in [-0.3, -0.25) is 0 Å². The van der Waals surface area contributed by atoms with Gasteiger partial charge in [0.2, 0.25) is 0 Å². The second-order valence-electron chi connectivity index (χ2n) is 1.97. The van der Waals surface area contributed by atoms with Crippen LogP contribution in [0.4, 0.5) is 0 Å². The Balaban J connectivity index is 2.36. The largest absolute Gasteiger partial charge is 0.135 e. The minimum absolute atomic E-state index is 0.296. The lowest BCUT2D eigenvalue weighted by atomic mass is 10.9. The van der Waals surface area contributed by atoms with E-state index in [2.05, 4.69) is 17.7 Å². The van der Waals surface area contributed by atoms with Gasteiger partial charge in [-0.1, -0.05) is 12.2 Å². The molecule has 1 rings (SSSR count). The Morgan fingerprint density at radius 3 is 2.86 bits per heavy atom. The first-order valence-corrected chi connectivity index (χ1v) is 6.36. The van der Waals surface area contributed by atoms with E-state index in [0.717, 1.165) is 0 Å². The molecule has 0 unspecified atom stereocenters. The second-order valence-corrected chi connectivity index (χ2v) is 5.90. The van der Waals surface area contributed by atoms with Crippen molar-refractivity contribution in [3.05, 3.63) is 11.1 Å². The van der Waals surface area contributed by atoms with Crippen LogP contribution >= 0.6 is 11.8 Å². The molecular formula is C5H10SSi. The summed E-state index contributed by atoms with van der Waals surface area (Å²) in [6, 6.07) is 1.50. The van der Waals surface area contributed by atoms with Gasteiger partial charge in [-0.05, 0) is 17.2 Å². The second kappa shape index (κ2) is 2.57. The summed E-state index contributed by atoms with van der Waals surface area (Å²) < 4.78 is 0. The summed E-state index contributed by atoms with van der Waals surface area (Å²) in [5.74, 6) is 1.38. The highest BCUT2D eigenvalue weighted by Crippen LogP contribution is 2.13. The van der Waals surface area contributed by atoms with E-state index in [4.69, 9.17) is 0 Å². The van der Waals surface area contributed by atoms with Crippen LogP contribution in [0, 0.1) is 0 Å². The van der Waals surface area contributed by atoms with Gasteiger partial charge in [-0.25, -0.2) is 0 Å². The molecule has 1 heterocycles. The molecule has 0 aromatic rings. The molecule has 1 atom stereocenters. The van der Waals surface area contributed by atoms with Gasteiger partial charge in [0.05, 0.1) is 8.80 Å². The van der Waals surface area contributed by atoms with E-state index in [9.17, 15) is 0 Å². The third-order valence-electron chi connectivity index (χ3n) is 1.19. The maximum Gasteiger partial charge on any atom is 0.0599 e. The van der Waals surface area contributed by atoms with Crippen molar-refractivity contribution in [1.29, 1.82) is 0 Å². The SMILES string of the molecule is C[Si@H]1C=CSCC1. The van der Waals surface area contributed by atoms with E-state index in [1.165, 1.54) is 11.8 Å².